The van der Waals surface area contributed by atoms with Crippen LogP contribution in [0.5, 0.6) is 0 Å². The van der Waals surface area contributed by atoms with Gasteiger partial charge in [0, 0.05) is 20.6 Å². The van der Waals surface area contributed by atoms with Gasteiger partial charge in [-0.25, -0.2) is 0 Å². The monoisotopic (exact) mass is 257 g/mol. The third-order valence-corrected chi connectivity index (χ3v) is 2.79. The molecular weight excluding hydrogens is 250 g/mol. The van der Waals surface area contributed by atoms with E-state index in [2.05, 4.69) is 0 Å². The summed E-state index contributed by atoms with van der Waals surface area (Å²) in [5, 5.41) is 1.37. The van der Waals surface area contributed by atoms with Crippen LogP contribution < -0.4 is 0 Å². The Morgan fingerprint density at radius 2 is 1.40 bits per heavy atom. The first-order valence-corrected chi connectivity index (χ1v) is 5.43. The molecule has 2 rings (SSSR count). The molecule has 0 amide bonds. The normalized spacial score (nSPS) is 11.3. The van der Waals surface area contributed by atoms with Crippen LogP contribution in [0.15, 0.2) is 42.4 Å². The SMILES string of the molecule is [2H]c1c(Cl)ccc(-c2ccc(Cl)cc2)c1Cl. The van der Waals surface area contributed by atoms with Crippen molar-refractivity contribution in [2.45, 2.75) is 0 Å². The molecule has 0 N–H and O–H groups in total. The van der Waals surface area contributed by atoms with Crippen LogP contribution in [0.2, 0.25) is 15.1 Å². The van der Waals surface area contributed by atoms with E-state index in [-0.39, 0.29) is 6.04 Å². The van der Waals surface area contributed by atoms with E-state index in [1.165, 1.54) is 0 Å². The van der Waals surface area contributed by atoms with Crippen molar-refractivity contribution < 1.29 is 1.37 Å². The molecule has 0 radical (unpaired) electrons. The van der Waals surface area contributed by atoms with Crippen molar-refractivity contribution in [2.75, 3.05) is 0 Å². The van der Waals surface area contributed by atoms with Gasteiger partial charge in [-0.05, 0) is 29.8 Å². The Morgan fingerprint density at radius 1 is 0.800 bits per heavy atom. The van der Waals surface area contributed by atoms with Gasteiger partial charge in [-0.3, -0.25) is 0 Å². The Morgan fingerprint density at radius 3 is 2.07 bits per heavy atom. The molecule has 15 heavy (non-hydrogen) atoms. The van der Waals surface area contributed by atoms with Crippen molar-refractivity contribution in [3.63, 3.8) is 0 Å². The van der Waals surface area contributed by atoms with Crippen LogP contribution in [0.3, 0.4) is 0 Å². The van der Waals surface area contributed by atoms with E-state index < -0.39 is 0 Å². The topological polar surface area (TPSA) is 0 Å². The summed E-state index contributed by atoms with van der Waals surface area (Å²) in [5.41, 5.74) is 1.70. The number of rotatable bonds is 1. The summed E-state index contributed by atoms with van der Waals surface area (Å²) in [6.45, 7) is 0. The highest BCUT2D eigenvalue weighted by Gasteiger charge is 2.03. The van der Waals surface area contributed by atoms with Crippen LogP contribution in [-0.2, 0) is 0 Å². The van der Waals surface area contributed by atoms with E-state index in [0.717, 1.165) is 11.1 Å². The first kappa shape index (κ1) is 9.53. The first-order valence-electron chi connectivity index (χ1n) is 4.80. The highest BCUT2D eigenvalue weighted by atomic mass is 35.5. The fraction of sp³-hybridized carbons (Fsp3) is 0. The molecule has 0 fully saturated rings. The minimum absolute atomic E-state index is 0.149. The maximum absolute atomic E-state index is 7.69. The minimum atomic E-state index is 0.149. The molecular formula is C12H7Cl3. The third-order valence-electron chi connectivity index (χ3n) is 2.02. The van der Waals surface area contributed by atoms with Crippen molar-refractivity contribution in [1.82, 2.24) is 0 Å². The smallest absolute Gasteiger partial charge is 0.0654 e. The van der Waals surface area contributed by atoms with E-state index in [1.54, 1.807) is 24.3 Å². The molecule has 0 aliphatic rings. The molecule has 0 bridgehead atoms. The van der Waals surface area contributed by atoms with Gasteiger partial charge in [0.15, 0.2) is 0 Å². The van der Waals surface area contributed by atoms with Crippen molar-refractivity contribution >= 4 is 34.8 Å². The summed E-state index contributed by atoms with van der Waals surface area (Å²) in [5.74, 6) is 0. The first-order chi connectivity index (χ1) is 7.59. The summed E-state index contributed by atoms with van der Waals surface area (Å²) in [6.07, 6.45) is 0. The lowest BCUT2D eigenvalue weighted by molar-refractivity contribution is 1.62. The van der Waals surface area contributed by atoms with Crippen molar-refractivity contribution in [2.24, 2.45) is 0 Å². The summed E-state index contributed by atoms with van der Waals surface area (Å²) < 4.78 is 7.69. The summed E-state index contributed by atoms with van der Waals surface area (Å²) in [7, 11) is 0. The van der Waals surface area contributed by atoms with Crippen LogP contribution in [-0.4, -0.2) is 0 Å². The van der Waals surface area contributed by atoms with Crippen LogP contribution >= 0.6 is 34.8 Å². The van der Waals surface area contributed by atoms with Gasteiger partial charge >= 0.3 is 0 Å². The number of hydrogen-bond donors (Lipinski definition) is 0. The second kappa shape index (κ2) is 4.44. The maximum Gasteiger partial charge on any atom is 0.0654 e. The molecule has 0 saturated carbocycles. The van der Waals surface area contributed by atoms with Crippen LogP contribution in [0.4, 0.5) is 0 Å². The zero-order valence-corrected chi connectivity index (χ0v) is 9.87. The predicted molar refractivity (Wildman–Crippen MR) is 66.9 cm³/mol. The van der Waals surface area contributed by atoms with E-state index >= 15 is 0 Å². The number of hydrogen-bond acceptors (Lipinski definition) is 0. The zero-order chi connectivity index (χ0) is 11.7. The van der Waals surface area contributed by atoms with Gasteiger partial charge in [-0.1, -0.05) is 53.0 Å². The predicted octanol–water partition coefficient (Wildman–Crippen LogP) is 5.31. The lowest BCUT2D eigenvalue weighted by atomic mass is 10.1. The quantitative estimate of drug-likeness (QED) is 0.650. The fourth-order valence-corrected chi connectivity index (χ4v) is 1.90. The molecule has 0 saturated heterocycles. The summed E-state index contributed by atoms with van der Waals surface area (Å²) >= 11 is 17.7. The molecule has 0 unspecified atom stereocenters. The largest absolute Gasteiger partial charge is 0.0843 e. The lowest BCUT2D eigenvalue weighted by Gasteiger charge is -2.04. The highest BCUT2D eigenvalue weighted by molar-refractivity contribution is 6.36. The fourth-order valence-electron chi connectivity index (χ4n) is 1.30. The van der Waals surface area contributed by atoms with Crippen LogP contribution in [0, 0.1) is 0 Å². The van der Waals surface area contributed by atoms with Gasteiger partial charge in [0.25, 0.3) is 0 Å². The molecule has 0 aliphatic heterocycles. The molecule has 0 heterocycles. The second-order valence-electron chi connectivity index (χ2n) is 3.04. The van der Waals surface area contributed by atoms with E-state index in [9.17, 15) is 0 Å². The molecule has 0 atom stereocenters. The standard InChI is InChI=1S/C12H7Cl3/c13-9-3-1-8(2-4-9)11-6-5-10(14)7-12(11)15/h1-7H/i7D. The van der Waals surface area contributed by atoms with Gasteiger partial charge in [0.1, 0.15) is 0 Å². The van der Waals surface area contributed by atoms with Gasteiger partial charge in [-0.15, -0.1) is 0 Å². The Balaban J connectivity index is 2.57. The van der Waals surface area contributed by atoms with E-state index in [0.29, 0.717) is 15.1 Å². The Labute approximate surface area is 105 Å². The summed E-state index contributed by atoms with van der Waals surface area (Å²) in [6, 6.07) is 10.9. The Kier molecular flexibility index (Phi) is 2.82. The van der Waals surface area contributed by atoms with Gasteiger partial charge in [0.05, 0.1) is 1.37 Å². The van der Waals surface area contributed by atoms with Crippen molar-refractivity contribution in [3.8, 4) is 11.1 Å². The minimum Gasteiger partial charge on any atom is -0.0843 e. The molecule has 3 heteroatoms. The van der Waals surface area contributed by atoms with Crippen LogP contribution in [0.25, 0.3) is 11.1 Å². The number of halogens is 3. The maximum atomic E-state index is 7.69. The molecule has 0 aliphatic carbocycles. The molecule has 76 valence electrons. The van der Waals surface area contributed by atoms with Crippen molar-refractivity contribution in [3.05, 3.63) is 57.5 Å². The molecule has 0 spiro atoms. The van der Waals surface area contributed by atoms with E-state index in [1.807, 2.05) is 12.1 Å². The highest BCUT2D eigenvalue weighted by Crippen LogP contribution is 2.30. The second-order valence-corrected chi connectivity index (χ2v) is 4.26. The Hall–Kier alpha value is -0.690. The zero-order valence-electron chi connectivity index (χ0n) is 8.60. The molecule has 2 aromatic rings. The van der Waals surface area contributed by atoms with Gasteiger partial charge in [-0.2, -0.15) is 0 Å². The van der Waals surface area contributed by atoms with Gasteiger partial charge in [0.2, 0.25) is 0 Å². The third kappa shape index (κ3) is 2.46. The molecule has 0 nitrogen and oxygen atoms in total. The van der Waals surface area contributed by atoms with E-state index in [4.69, 9.17) is 36.2 Å². The van der Waals surface area contributed by atoms with Gasteiger partial charge < -0.3 is 0 Å². The lowest BCUT2D eigenvalue weighted by Crippen LogP contribution is -1.79. The summed E-state index contributed by atoms with van der Waals surface area (Å²) in [4.78, 5) is 0. The Bertz CT molecular complexity index is 521. The molecule has 2 aromatic carbocycles. The molecule has 0 aromatic heterocycles. The van der Waals surface area contributed by atoms with Crippen LogP contribution in [0.1, 0.15) is 1.37 Å². The average Bonchev–Trinajstić information content (AvgIpc) is 2.28. The average molecular weight is 259 g/mol. The number of benzene rings is 2. The van der Waals surface area contributed by atoms with Crippen molar-refractivity contribution in [1.29, 1.82) is 0 Å².